The van der Waals surface area contributed by atoms with Crippen LogP contribution in [0, 0.1) is 35.5 Å². The van der Waals surface area contributed by atoms with Gasteiger partial charge >= 0.3 is 0 Å². The molecular formula is C31H68O3. The second kappa shape index (κ2) is 21.0. The summed E-state index contributed by atoms with van der Waals surface area (Å²) in [5.74, 6) is 5.45. The molecule has 4 rings (SSSR count). The first-order valence-corrected chi connectivity index (χ1v) is 14.0. The third-order valence-electron chi connectivity index (χ3n) is 7.57. The zero-order valence-corrected chi connectivity index (χ0v) is 23.0. The van der Waals surface area contributed by atoms with E-state index in [9.17, 15) is 0 Å². The molecule has 4 fully saturated rings. The van der Waals surface area contributed by atoms with Gasteiger partial charge in [-0.25, -0.2) is 0 Å². The molecule has 4 aliphatic rings. The highest BCUT2D eigenvalue weighted by molar-refractivity contribution is 4.66. The van der Waals surface area contributed by atoms with Gasteiger partial charge in [0.15, 0.2) is 6.29 Å². The van der Waals surface area contributed by atoms with Crippen molar-refractivity contribution in [1.82, 2.24) is 0 Å². The lowest BCUT2D eigenvalue weighted by molar-refractivity contribution is -0.187. The summed E-state index contributed by atoms with van der Waals surface area (Å²) in [6, 6.07) is 0. The minimum Gasteiger partial charge on any atom is -0.378 e. The molecule has 2 unspecified atom stereocenters. The highest BCUT2D eigenvalue weighted by Gasteiger charge is 2.15. The maximum Gasteiger partial charge on any atom is 0.154 e. The van der Waals surface area contributed by atoms with Gasteiger partial charge in [-0.05, 0) is 56.3 Å². The van der Waals surface area contributed by atoms with Gasteiger partial charge in [0.2, 0.25) is 0 Å². The van der Waals surface area contributed by atoms with E-state index in [-0.39, 0.29) is 22.6 Å². The van der Waals surface area contributed by atoms with Crippen molar-refractivity contribution in [3.8, 4) is 0 Å². The van der Waals surface area contributed by atoms with Gasteiger partial charge in [0.25, 0.3) is 0 Å². The average molecular weight is 489 g/mol. The molecule has 3 heteroatoms. The van der Waals surface area contributed by atoms with Crippen LogP contribution in [-0.2, 0) is 14.2 Å². The SMILES string of the molecule is C.C.CC1CCC(C)CC1.CC1CCC(C)CC1.CC1CCC(C)OC1.CC1COC(C)OC1.[HH]. The van der Waals surface area contributed by atoms with Crippen molar-refractivity contribution in [2.75, 3.05) is 19.8 Å². The molecule has 0 N–H and O–H groups in total. The molecule has 0 aromatic carbocycles. The van der Waals surface area contributed by atoms with Crippen LogP contribution < -0.4 is 0 Å². The summed E-state index contributed by atoms with van der Waals surface area (Å²) >= 11 is 0. The summed E-state index contributed by atoms with van der Waals surface area (Å²) in [6.07, 6.45) is 14.9. The summed E-state index contributed by atoms with van der Waals surface area (Å²) in [6.45, 7) is 20.6. The largest absolute Gasteiger partial charge is 0.378 e. The minimum absolute atomic E-state index is 0. The molecule has 2 heterocycles. The molecule has 34 heavy (non-hydrogen) atoms. The predicted octanol–water partition coefficient (Wildman–Crippen LogP) is 10.0. The highest BCUT2D eigenvalue weighted by Crippen LogP contribution is 2.28. The molecule has 0 bridgehead atoms. The molecule has 0 amide bonds. The molecule has 2 saturated heterocycles. The van der Waals surface area contributed by atoms with Gasteiger partial charge in [-0.1, -0.05) is 108 Å². The Morgan fingerprint density at radius 1 is 0.382 bits per heavy atom. The normalized spacial score (nSPS) is 37.4. The van der Waals surface area contributed by atoms with E-state index in [0.717, 1.165) is 49.4 Å². The Labute approximate surface area is 218 Å². The van der Waals surface area contributed by atoms with Gasteiger partial charge in [-0.15, -0.1) is 0 Å². The lowest BCUT2D eigenvalue weighted by Gasteiger charge is -2.24. The van der Waals surface area contributed by atoms with Crippen molar-refractivity contribution >= 4 is 0 Å². The zero-order valence-electron chi connectivity index (χ0n) is 23.0. The molecule has 2 aliphatic carbocycles. The van der Waals surface area contributed by atoms with Gasteiger partial charge in [0.1, 0.15) is 0 Å². The second-order valence-corrected chi connectivity index (χ2v) is 11.9. The summed E-state index contributed by atoms with van der Waals surface area (Å²) in [4.78, 5) is 0. The summed E-state index contributed by atoms with van der Waals surface area (Å²) < 4.78 is 15.7. The van der Waals surface area contributed by atoms with Crippen molar-refractivity contribution < 1.29 is 15.6 Å². The van der Waals surface area contributed by atoms with Crippen LogP contribution in [0.4, 0.5) is 0 Å². The van der Waals surface area contributed by atoms with Crippen molar-refractivity contribution in [1.29, 1.82) is 0 Å². The Morgan fingerprint density at radius 3 is 0.912 bits per heavy atom. The average Bonchev–Trinajstić information content (AvgIpc) is 2.78. The second-order valence-electron chi connectivity index (χ2n) is 11.9. The van der Waals surface area contributed by atoms with Gasteiger partial charge in [-0.3, -0.25) is 0 Å². The van der Waals surface area contributed by atoms with Crippen LogP contribution in [0.1, 0.15) is 136 Å². The van der Waals surface area contributed by atoms with E-state index in [1.807, 2.05) is 6.92 Å². The van der Waals surface area contributed by atoms with Gasteiger partial charge < -0.3 is 14.2 Å². The third-order valence-corrected chi connectivity index (χ3v) is 7.57. The number of hydrogen-bond donors (Lipinski definition) is 0. The molecule has 0 aromatic rings. The van der Waals surface area contributed by atoms with E-state index >= 15 is 0 Å². The first-order chi connectivity index (χ1) is 15.2. The Hall–Kier alpha value is -0.120. The zero-order chi connectivity index (χ0) is 23.9. The molecule has 2 aliphatic heterocycles. The Balaban J connectivity index is -0.000000379. The lowest BCUT2D eigenvalue weighted by Crippen LogP contribution is -2.27. The molecule has 210 valence electrons. The van der Waals surface area contributed by atoms with Gasteiger partial charge in [0, 0.05) is 14.0 Å². The standard InChI is InChI=1S/2C8H16.C7H14O.C6H12O2.2CH4.H2/c2*1-7-3-5-8(2)6-4-7;1-6-3-4-7(2)8-5-6;1-5-3-7-6(2)8-4-5;;;/h2*7-8H,3-6H2,1-2H3;6-7H,3-5H2,1-2H3;5-6H,3-4H2,1-2H3;2*1H4;1H. The van der Waals surface area contributed by atoms with Crippen LogP contribution in [0.25, 0.3) is 0 Å². The van der Waals surface area contributed by atoms with Crippen molar-refractivity contribution in [2.45, 2.75) is 147 Å². The molecule has 3 nitrogen and oxygen atoms in total. The highest BCUT2D eigenvalue weighted by atomic mass is 16.7. The van der Waals surface area contributed by atoms with E-state index in [2.05, 4.69) is 48.5 Å². The Morgan fingerprint density at radius 2 is 0.676 bits per heavy atom. The van der Waals surface area contributed by atoms with Gasteiger partial charge in [-0.2, -0.15) is 0 Å². The number of hydrogen-bond acceptors (Lipinski definition) is 3. The van der Waals surface area contributed by atoms with Crippen LogP contribution in [-0.4, -0.2) is 32.2 Å². The molecule has 2 atom stereocenters. The first-order valence-electron chi connectivity index (χ1n) is 14.0. The van der Waals surface area contributed by atoms with E-state index < -0.39 is 0 Å². The number of ether oxygens (including phenoxy) is 3. The van der Waals surface area contributed by atoms with E-state index in [4.69, 9.17) is 14.2 Å². The fourth-order valence-electron chi connectivity index (χ4n) is 4.56. The van der Waals surface area contributed by atoms with Crippen molar-refractivity contribution in [2.24, 2.45) is 35.5 Å². The lowest BCUT2D eigenvalue weighted by atomic mass is 9.84. The smallest absolute Gasteiger partial charge is 0.154 e. The first kappa shape index (κ1) is 36.0. The van der Waals surface area contributed by atoms with E-state index in [1.54, 1.807) is 0 Å². The van der Waals surface area contributed by atoms with E-state index in [0.29, 0.717) is 12.0 Å². The van der Waals surface area contributed by atoms with Crippen molar-refractivity contribution in [3.63, 3.8) is 0 Å². The van der Waals surface area contributed by atoms with Crippen LogP contribution in [0.2, 0.25) is 0 Å². The van der Waals surface area contributed by atoms with Gasteiger partial charge in [0.05, 0.1) is 19.3 Å². The molecule has 0 radical (unpaired) electrons. The minimum atomic E-state index is 0. The third kappa shape index (κ3) is 19.1. The van der Waals surface area contributed by atoms with Crippen LogP contribution in [0.5, 0.6) is 0 Å². The van der Waals surface area contributed by atoms with Crippen LogP contribution in [0.3, 0.4) is 0 Å². The summed E-state index contributed by atoms with van der Waals surface area (Å²) in [7, 11) is 0. The molecular weight excluding hydrogens is 420 g/mol. The number of rotatable bonds is 0. The maximum atomic E-state index is 5.39. The fourth-order valence-corrected chi connectivity index (χ4v) is 4.56. The van der Waals surface area contributed by atoms with Crippen LogP contribution >= 0.6 is 0 Å². The summed E-state index contributed by atoms with van der Waals surface area (Å²) in [5.41, 5.74) is 0. The van der Waals surface area contributed by atoms with E-state index in [1.165, 1.54) is 64.2 Å². The maximum absolute atomic E-state index is 5.39. The monoisotopic (exact) mass is 489 g/mol. The quantitative estimate of drug-likeness (QED) is 0.339. The molecule has 2 saturated carbocycles. The molecule has 0 spiro atoms. The summed E-state index contributed by atoms with van der Waals surface area (Å²) in [5, 5.41) is 0. The predicted molar refractivity (Wildman–Crippen MR) is 154 cm³/mol. The Bertz CT molecular complexity index is 295. The fraction of sp³-hybridized carbons (Fsp3) is 1.00. The molecule has 0 aromatic heterocycles. The van der Waals surface area contributed by atoms with Crippen molar-refractivity contribution in [3.05, 3.63) is 0 Å². The van der Waals surface area contributed by atoms with Crippen LogP contribution in [0.15, 0.2) is 0 Å². The topological polar surface area (TPSA) is 27.7 Å². The Kier molecular flexibility index (Phi) is 22.3.